The fourth-order valence-electron chi connectivity index (χ4n) is 2.57. The first-order valence-corrected chi connectivity index (χ1v) is 7.08. The topological polar surface area (TPSA) is 46.6 Å². The Bertz CT molecular complexity index is 401. The van der Waals surface area contributed by atoms with Crippen LogP contribution in [0.4, 0.5) is 5.69 Å². The minimum atomic E-state index is 0.300. The maximum atomic E-state index is 5.98. The predicted octanol–water partition coefficient (Wildman–Crippen LogP) is 1.05. The van der Waals surface area contributed by atoms with Gasteiger partial charge in [0, 0.05) is 31.0 Å². The van der Waals surface area contributed by atoms with Gasteiger partial charge in [-0.3, -0.25) is 0 Å². The molecule has 0 amide bonds. The van der Waals surface area contributed by atoms with E-state index in [-0.39, 0.29) is 0 Å². The number of nitrogens with one attached hydrogen (secondary N) is 1. The molecule has 0 spiro atoms. The fraction of sp³-hybridized carbons (Fsp3) is 0.643. The highest BCUT2D eigenvalue weighted by molar-refractivity contribution is 5.48. The van der Waals surface area contributed by atoms with Crippen molar-refractivity contribution in [2.45, 2.75) is 18.9 Å². The highest BCUT2D eigenvalue weighted by Gasteiger charge is 2.16. The van der Waals surface area contributed by atoms with Crippen molar-refractivity contribution in [1.29, 1.82) is 0 Å². The molecule has 5 heteroatoms. The molecule has 3 rings (SSSR count). The highest BCUT2D eigenvalue weighted by atomic mass is 16.5. The standard InChI is InChI=1S/C14H21N3O2/c1-6-16-14(19-13-2-4-15-5-3-13)11-12(1)17-7-9-18-10-8-17/h1,6,11,13,15H,2-5,7-10H2. The lowest BCUT2D eigenvalue weighted by atomic mass is 10.1. The van der Waals surface area contributed by atoms with E-state index in [0.29, 0.717) is 6.10 Å². The first-order valence-electron chi connectivity index (χ1n) is 7.08. The van der Waals surface area contributed by atoms with Crippen LogP contribution in [0.5, 0.6) is 5.88 Å². The Morgan fingerprint density at radius 2 is 2.05 bits per heavy atom. The number of morpholine rings is 1. The second-order valence-corrected chi connectivity index (χ2v) is 5.02. The van der Waals surface area contributed by atoms with Gasteiger partial charge in [-0.2, -0.15) is 0 Å². The van der Waals surface area contributed by atoms with E-state index in [9.17, 15) is 0 Å². The molecule has 2 saturated heterocycles. The third-order valence-electron chi connectivity index (χ3n) is 3.67. The van der Waals surface area contributed by atoms with E-state index in [1.807, 2.05) is 18.3 Å². The molecule has 5 nitrogen and oxygen atoms in total. The Kier molecular flexibility index (Phi) is 4.15. The van der Waals surface area contributed by atoms with Gasteiger partial charge < -0.3 is 19.7 Å². The van der Waals surface area contributed by atoms with Crippen LogP contribution in [0, 0.1) is 0 Å². The zero-order valence-electron chi connectivity index (χ0n) is 11.2. The number of ether oxygens (including phenoxy) is 2. The zero-order valence-corrected chi connectivity index (χ0v) is 11.2. The predicted molar refractivity (Wildman–Crippen MR) is 73.8 cm³/mol. The van der Waals surface area contributed by atoms with Gasteiger partial charge >= 0.3 is 0 Å². The summed E-state index contributed by atoms with van der Waals surface area (Å²) in [5, 5.41) is 3.34. The van der Waals surface area contributed by atoms with Crippen LogP contribution in [0.2, 0.25) is 0 Å². The van der Waals surface area contributed by atoms with Crippen molar-refractivity contribution in [3.63, 3.8) is 0 Å². The number of hydrogen-bond donors (Lipinski definition) is 1. The molecular weight excluding hydrogens is 242 g/mol. The van der Waals surface area contributed by atoms with E-state index in [0.717, 1.165) is 58.1 Å². The first-order chi connectivity index (χ1) is 9.42. The van der Waals surface area contributed by atoms with Gasteiger partial charge in [0.2, 0.25) is 5.88 Å². The van der Waals surface area contributed by atoms with Crippen LogP contribution in [0.15, 0.2) is 18.3 Å². The van der Waals surface area contributed by atoms with Crippen LogP contribution >= 0.6 is 0 Å². The molecule has 2 aliphatic rings. The molecule has 0 aliphatic carbocycles. The molecule has 0 saturated carbocycles. The minimum Gasteiger partial charge on any atom is -0.474 e. The van der Waals surface area contributed by atoms with Crippen LogP contribution in [-0.2, 0) is 4.74 Å². The smallest absolute Gasteiger partial charge is 0.215 e. The number of hydrogen-bond acceptors (Lipinski definition) is 5. The Balaban J connectivity index is 1.64. The molecule has 0 aromatic carbocycles. The lowest BCUT2D eigenvalue weighted by Crippen LogP contribution is -2.36. The summed E-state index contributed by atoms with van der Waals surface area (Å²) in [5.74, 6) is 0.746. The van der Waals surface area contributed by atoms with Crippen molar-refractivity contribution < 1.29 is 9.47 Å². The quantitative estimate of drug-likeness (QED) is 0.883. The molecule has 0 bridgehead atoms. The highest BCUT2D eigenvalue weighted by Crippen LogP contribution is 2.21. The van der Waals surface area contributed by atoms with Crippen LogP contribution in [-0.4, -0.2) is 50.5 Å². The average Bonchev–Trinajstić information content (AvgIpc) is 2.49. The summed E-state index contributed by atoms with van der Waals surface area (Å²) < 4.78 is 11.4. The number of pyridine rings is 1. The summed E-state index contributed by atoms with van der Waals surface area (Å²) in [6, 6.07) is 4.09. The number of rotatable bonds is 3. The molecule has 2 aliphatic heterocycles. The van der Waals surface area contributed by atoms with E-state index in [1.54, 1.807) is 0 Å². The van der Waals surface area contributed by atoms with Gasteiger partial charge in [-0.15, -0.1) is 0 Å². The summed E-state index contributed by atoms with van der Waals surface area (Å²) >= 11 is 0. The van der Waals surface area contributed by atoms with Crippen molar-refractivity contribution in [2.24, 2.45) is 0 Å². The Hall–Kier alpha value is -1.33. The van der Waals surface area contributed by atoms with Crippen LogP contribution < -0.4 is 15.0 Å². The molecule has 104 valence electrons. The van der Waals surface area contributed by atoms with Crippen molar-refractivity contribution in [1.82, 2.24) is 10.3 Å². The SMILES string of the molecule is c1cc(N2CCOCC2)cc(OC2CCNCC2)n1. The normalized spacial score (nSPS) is 21.4. The van der Waals surface area contributed by atoms with Gasteiger partial charge in [-0.1, -0.05) is 0 Å². The first kappa shape index (κ1) is 12.7. The summed E-state index contributed by atoms with van der Waals surface area (Å²) in [4.78, 5) is 6.65. The fourth-order valence-corrected chi connectivity index (χ4v) is 2.57. The number of aromatic nitrogens is 1. The summed E-state index contributed by atoms with van der Waals surface area (Å²) in [6.45, 7) is 5.55. The number of anilines is 1. The van der Waals surface area contributed by atoms with E-state index < -0.39 is 0 Å². The lowest BCUT2D eigenvalue weighted by molar-refractivity contribution is 0.122. The van der Waals surface area contributed by atoms with Crippen LogP contribution in [0.1, 0.15) is 12.8 Å². The van der Waals surface area contributed by atoms with E-state index in [1.165, 1.54) is 5.69 Å². The molecule has 0 unspecified atom stereocenters. The zero-order chi connectivity index (χ0) is 12.9. The Morgan fingerprint density at radius 1 is 1.26 bits per heavy atom. The lowest BCUT2D eigenvalue weighted by Gasteiger charge is -2.29. The summed E-state index contributed by atoms with van der Waals surface area (Å²) in [5.41, 5.74) is 1.18. The molecule has 0 atom stereocenters. The van der Waals surface area contributed by atoms with Gasteiger partial charge in [0.05, 0.1) is 13.2 Å². The summed E-state index contributed by atoms with van der Waals surface area (Å²) in [6.07, 6.45) is 4.25. The summed E-state index contributed by atoms with van der Waals surface area (Å²) in [7, 11) is 0. The van der Waals surface area contributed by atoms with Gasteiger partial charge in [0.15, 0.2) is 0 Å². The minimum absolute atomic E-state index is 0.300. The van der Waals surface area contributed by atoms with Gasteiger partial charge in [0.25, 0.3) is 0 Å². The molecule has 3 heterocycles. The molecule has 1 aromatic rings. The molecule has 1 aromatic heterocycles. The van der Waals surface area contributed by atoms with E-state index in [4.69, 9.17) is 9.47 Å². The van der Waals surface area contributed by atoms with Crippen LogP contribution in [0.25, 0.3) is 0 Å². The van der Waals surface area contributed by atoms with E-state index in [2.05, 4.69) is 15.2 Å². The number of nitrogens with zero attached hydrogens (tertiary/aromatic N) is 2. The maximum Gasteiger partial charge on any atom is 0.215 e. The molecule has 0 radical (unpaired) electrons. The van der Waals surface area contributed by atoms with Crippen molar-refractivity contribution in [2.75, 3.05) is 44.3 Å². The molecule has 1 N–H and O–H groups in total. The van der Waals surface area contributed by atoms with Gasteiger partial charge in [0.1, 0.15) is 6.10 Å². The second kappa shape index (κ2) is 6.21. The third-order valence-corrected chi connectivity index (χ3v) is 3.67. The average molecular weight is 263 g/mol. The molecule has 19 heavy (non-hydrogen) atoms. The van der Waals surface area contributed by atoms with E-state index >= 15 is 0 Å². The maximum absolute atomic E-state index is 5.98. The monoisotopic (exact) mass is 263 g/mol. The van der Waals surface area contributed by atoms with Crippen molar-refractivity contribution in [3.8, 4) is 5.88 Å². The van der Waals surface area contributed by atoms with Crippen molar-refractivity contribution >= 4 is 5.69 Å². The Labute approximate surface area is 113 Å². The van der Waals surface area contributed by atoms with Crippen molar-refractivity contribution in [3.05, 3.63) is 18.3 Å². The molecule has 2 fully saturated rings. The van der Waals surface area contributed by atoms with Crippen LogP contribution in [0.3, 0.4) is 0 Å². The third kappa shape index (κ3) is 3.36. The van der Waals surface area contributed by atoms with Gasteiger partial charge in [-0.25, -0.2) is 4.98 Å². The largest absolute Gasteiger partial charge is 0.474 e. The van der Waals surface area contributed by atoms with Gasteiger partial charge in [-0.05, 0) is 32.0 Å². The molecular formula is C14H21N3O2. The number of piperidine rings is 1. The second-order valence-electron chi connectivity index (χ2n) is 5.02. The Morgan fingerprint density at radius 3 is 2.84 bits per heavy atom.